The van der Waals surface area contributed by atoms with E-state index in [0.29, 0.717) is 31.1 Å². The minimum absolute atomic E-state index is 0.180. The van der Waals surface area contributed by atoms with Crippen molar-refractivity contribution in [1.82, 2.24) is 0 Å². The summed E-state index contributed by atoms with van der Waals surface area (Å²) in [5.74, 6) is -0.799. The number of carbonyl (C=O) groups is 3. The fourth-order valence-electron chi connectivity index (χ4n) is 3.17. The van der Waals surface area contributed by atoms with Crippen LogP contribution >= 0.6 is 0 Å². The summed E-state index contributed by atoms with van der Waals surface area (Å²) < 4.78 is 10.2. The highest BCUT2D eigenvalue weighted by Gasteiger charge is 2.46. The molecule has 1 atom stereocenters. The zero-order chi connectivity index (χ0) is 17.1. The maximum Gasteiger partial charge on any atom is 0.338 e. The van der Waals surface area contributed by atoms with Crippen molar-refractivity contribution < 1.29 is 28.8 Å². The van der Waals surface area contributed by atoms with Gasteiger partial charge >= 0.3 is 5.97 Å². The molecule has 0 saturated carbocycles. The summed E-state index contributed by atoms with van der Waals surface area (Å²) in [5.41, 5.74) is 0.892. The van der Waals surface area contributed by atoms with E-state index >= 15 is 0 Å². The molecule has 3 rings (SSSR count). The molecule has 24 heavy (non-hydrogen) atoms. The third-order valence-corrected chi connectivity index (χ3v) is 4.41. The Labute approximate surface area is 140 Å². The van der Waals surface area contributed by atoms with Crippen molar-refractivity contribution in [2.24, 2.45) is 0 Å². The summed E-state index contributed by atoms with van der Waals surface area (Å²) in [6.45, 7) is 4.73. The Morgan fingerprint density at radius 1 is 1.25 bits per heavy atom. The lowest BCUT2D eigenvalue weighted by Crippen LogP contribution is -3.18. The third-order valence-electron chi connectivity index (χ3n) is 4.41. The fourth-order valence-corrected chi connectivity index (χ4v) is 3.17. The molecule has 0 aliphatic carbocycles. The second-order valence-electron chi connectivity index (χ2n) is 5.86. The van der Waals surface area contributed by atoms with E-state index in [-0.39, 0.29) is 24.3 Å². The first-order valence-corrected chi connectivity index (χ1v) is 8.18. The monoisotopic (exact) mass is 333 g/mol. The molecule has 7 heteroatoms. The van der Waals surface area contributed by atoms with Gasteiger partial charge < -0.3 is 14.4 Å². The van der Waals surface area contributed by atoms with E-state index in [0.717, 1.165) is 18.0 Å². The molecule has 2 heterocycles. The number of amides is 2. The van der Waals surface area contributed by atoms with Gasteiger partial charge in [0.25, 0.3) is 5.91 Å². The Morgan fingerprint density at radius 3 is 2.54 bits per heavy atom. The van der Waals surface area contributed by atoms with Crippen molar-refractivity contribution in [3.8, 4) is 0 Å². The zero-order valence-corrected chi connectivity index (χ0v) is 13.6. The Hall–Kier alpha value is -2.25. The number of morpholine rings is 1. The van der Waals surface area contributed by atoms with Gasteiger partial charge in [0.15, 0.2) is 6.04 Å². The second-order valence-corrected chi connectivity index (χ2v) is 5.86. The molecule has 1 aromatic rings. The van der Waals surface area contributed by atoms with Crippen LogP contribution in [0.1, 0.15) is 23.7 Å². The van der Waals surface area contributed by atoms with Crippen molar-refractivity contribution in [2.45, 2.75) is 19.4 Å². The molecule has 0 aromatic heterocycles. The third kappa shape index (κ3) is 3.18. The number of esters is 1. The molecule has 128 valence electrons. The largest absolute Gasteiger partial charge is 0.462 e. The van der Waals surface area contributed by atoms with E-state index in [9.17, 15) is 14.4 Å². The van der Waals surface area contributed by atoms with Gasteiger partial charge in [0.05, 0.1) is 37.5 Å². The van der Waals surface area contributed by atoms with E-state index in [1.807, 2.05) is 0 Å². The van der Waals surface area contributed by atoms with Crippen LogP contribution in [0.25, 0.3) is 0 Å². The number of hydrogen-bond acceptors (Lipinski definition) is 5. The van der Waals surface area contributed by atoms with E-state index < -0.39 is 5.97 Å². The lowest BCUT2D eigenvalue weighted by molar-refractivity contribution is -0.922. The molecule has 0 radical (unpaired) electrons. The first kappa shape index (κ1) is 16.6. The minimum atomic E-state index is -0.418. The van der Waals surface area contributed by atoms with Crippen molar-refractivity contribution in [3.05, 3.63) is 29.8 Å². The predicted molar refractivity (Wildman–Crippen MR) is 84.8 cm³/mol. The number of quaternary nitrogens is 1. The molecular weight excluding hydrogens is 312 g/mol. The van der Waals surface area contributed by atoms with Crippen molar-refractivity contribution in [1.29, 1.82) is 0 Å². The average molecular weight is 333 g/mol. The number of benzene rings is 1. The maximum atomic E-state index is 12.7. The summed E-state index contributed by atoms with van der Waals surface area (Å²) in [4.78, 5) is 39.0. The van der Waals surface area contributed by atoms with Gasteiger partial charge in [-0.05, 0) is 31.2 Å². The van der Waals surface area contributed by atoms with Crippen LogP contribution in [0.2, 0.25) is 0 Å². The molecule has 1 unspecified atom stereocenters. The van der Waals surface area contributed by atoms with E-state index in [4.69, 9.17) is 9.47 Å². The van der Waals surface area contributed by atoms with Crippen LogP contribution in [-0.4, -0.2) is 56.7 Å². The summed E-state index contributed by atoms with van der Waals surface area (Å²) in [6, 6.07) is 6.02. The van der Waals surface area contributed by atoms with Gasteiger partial charge in [-0.1, -0.05) is 0 Å². The highest BCUT2D eigenvalue weighted by atomic mass is 16.5. The van der Waals surface area contributed by atoms with Gasteiger partial charge in [0, 0.05) is 0 Å². The summed E-state index contributed by atoms with van der Waals surface area (Å²) in [7, 11) is 0. The molecule has 2 fully saturated rings. The van der Waals surface area contributed by atoms with Crippen LogP contribution in [-0.2, 0) is 19.1 Å². The summed E-state index contributed by atoms with van der Waals surface area (Å²) in [6.07, 6.45) is 0.216. The molecule has 2 amide bonds. The molecule has 0 spiro atoms. The van der Waals surface area contributed by atoms with Gasteiger partial charge in [-0.3, -0.25) is 9.59 Å². The number of hydrogen-bond donors (Lipinski definition) is 1. The fraction of sp³-hybridized carbons (Fsp3) is 0.471. The number of ether oxygens (including phenoxy) is 2. The first-order chi connectivity index (χ1) is 11.6. The molecule has 2 aliphatic rings. The van der Waals surface area contributed by atoms with E-state index in [1.54, 1.807) is 31.2 Å². The second kappa shape index (κ2) is 7.11. The number of nitrogens with zero attached hydrogens (tertiary/aromatic N) is 1. The first-order valence-electron chi connectivity index (χ1n) is 8.18. The molecule has 0 bridgehead atoms. The lowest BCUT2D eigenvalue weighted by atomic mass is 10.2. The summed E-state index contributed by atoms with van der Waals surface area (Å²) >= 11 is 0. The van der Waals surface area contributed by atoms with Crippen LogP contribution in [0.4, 0.5) is 5.69 Å². The molecule has 2 saturated heterocycles. The number of imide groups is 1. The van der Waals surface area contributed by atoms with Crippen molar-refractivity contribution in [3.63, 3.8) is 0 Å². The van der Waals surface area contributed by atoms with Crippen molar-refractivity contribution in [2.75, 3.05) is 37.8 Å². The predicted octanol–water partition coefficient (Wildman–Crippen LogP) is -0.590. The molecule has 7 nitrogen and oxygen atoms in total. The Morgan fingerprint density at radius 2 is 1.92 bits per heavy atom. The summed E-state index contributed by atoms with van der Waals surface area (Å²) in [5, 5.41) is 0. The standard InChI is InChI=1S/C17H20N2O5/c1-2-24-17(22)12-3-5-13(6-4-12)19-15(20)11-14(16(19)21)18-7-9-23-10-8-18/h3-6,14H,2,7-11H2,1H3/p+1. The molecular formula is C17H21N2O5+. The zero-order valence-electron chi connectivity index (χ0n) is 13.6. The van der Waals surface area contributed by atoms with Crippen molar-refractivity contribution >= 4 is 23.5 Å². The van der Waals surface area contributed by atoms with Gasteiger partial charge in [0.2, 0.25) is 5.91 Å². The van der Waals surface area contributed by atoms with E-state index in [2.05, 4.69) is 0 Å². The number of anilines is 1. The van der Waals surface area contributed by atoms with Crippen LogP contribution in [0.15, 0.2) is 24.3 Å². The topological polar surface area (TPSA) is 77.3 Å². The Bertz CT molecular complexity index is 637. The van der Waals surface area contributed by atoms with Gasteiger partial charge in [-0.15, -0.1) is 0 Å². The maximum absolute atomic E-state index is 12.7. The number of carbonyl (C=O) groups excluding carboxylic acids is 3. The molecule has 1 aromatic carbocycles. The van der Waals surface area contributed by atoms with Crippen LogP contribution in [0.3, 0.4) is 0 Å². The SMILES string of the molecule is CCOC(=O)c1ccc(N2C(=O)CC([NH+]3CCOCC3)C2=O)cc1. The quantitative estimate of drug-likeness (QED) is 0.589. The number of rotatable bonds is 4. The Balaban J connectivity index is 1.75. The minimum Gasteiger partial charge on any atom is -0.462 e. The van der Waals surface area contributed by atoms with Gasteiger partial charge in [-0.25, -0.2) is 9.69 Å². The number of nitrogens with one attached hydrogen (secondary N) is 1. The van der Waals surface area contributed by atoms with Crippen LogP contribution in [0, 0.1) is 0 Å². The highest BCUT2D eigenvalue weighted by Crippen LogP contribution is 2.22. The molecule has 1 N–H and O–H groups in total. The van der Waals surface area contributed by atoms with Crippen LogP contribution in [0.5, 0.6) is 0 Å². The normalized spacial score (nSPS) is 22.0. The lowest BCUT2D eigenvalue weighted by Gasteiger charge is -2.27. The van der Waals surface area contributed by atoms with Gasteiger partial charge in [0.1, 0.15) is 13.1 Å². The van der Waals surface area contributed by atoms with Crippen LogP contribution < -0.4 is 9.80 Å². The molecule has 2 aliphatic heterocycles. The average Bonchev–Trinajstić information content (AvgIpc) is 2.90. The van der Waals surface area contributed by atoms with Gasteiger partial charge in [-0.2, -0.15) is 0 Å². The van der Waals surface area contributed by atoms with E-state index in [1.165, 1.54) is 4.90 Å². The Kier molecular flexibility index (Phi) is 4.92. The highest BCUT2D eigenvalue weighted by molar-refractivity contribution is 6.21. The smallest absolute Gasteiger partial charge is 0.338 e.